The molecule has 206 valence electrons. The number of allylic oxidation sites excluding steroid dienone is 2. The molecule has 2 N–H and O–H groups in total. The van der Waals surface area contributed by atoms with E-state index in [1.807, 2.05) is 13.8 Å². The van der Waals surface area contributed by atoms with Gasteiger partial charge in [-0.05, 0) is 37.8 Å². The number of rotatable bonds is 4. The summed E-state index contributed by atoms with van der Waals surface area (Å²) < 4.78 is 21.6. The molecule has 1 saturated carbocycles. The number of fused-ring (bicyclic) bond motifs is 4. The fourth-order valence-electron chi connectivity index (χ4n) is 8.51. The van der Waals surface area contributed by atoms with Gasteiger partial charge in [0.1, 0.15) is 0 Å². The molecule has 2 aliphatic heterocycles. The van der Waals surface area contributed by atoms with Crippen LogP contribution in [-0.4, -0.2) is 72.7 Å². The highest BCUT2D eigenvalue weighted by Crippen LogP contribution is 2.69. The minimum Gasteiger partial charge on any atom is -0.469 e. The Labute approximate surface area is 220 Å². The lowest BCUT2D eigenvalue weighted by atomic mass is 9.41. The van der Waals surface area contributed by atoms with Gasteiger partial charge in [-0.15, -0.1) is 0 Å². The van der Waals surface area contributed by atoms with Gasteiger partial charge in [0.15, 0.2) is 5.78 Å². The lowest BCUT2D eigenvalue weighted by molar-refractivity contribution is -0.216. The molecule has 0 aromatic rings. The molecule has 0 aromatic carbocycles. The summed E-state index contributed by atoms with van der Waals surface area (Å²) in [4.78, 5) is 51.5. The Morgan fingerprint density at radius 2 is 1.79 bits per heavy atom. The molecule has 0 amide bonds. The van der Waals surface area contributed by atoms with Crippen LogP contribution in [0.1, 0.15) is 40.5 Å². The van der Waals surface area contributed by atoms with Crippen molar-refractivity contribution >= 4 is 23.7 Å². The number of carbonyl (C=O) groups excluding carboxylic acids is 4. The van der Waals surface area contributed by atoms with Crippen molar-refractivity contribution in [2.75, 3.05) is 14.2 Å². The van der Waals surface area contributed by atoms with Gasteiger partial charge in [-0.2, -0.15) is 0 Å². The Morgan fingerprint density at radius 1 is 1.11 bits per heavy atom. The third-order valence-electron chi connectivity index (χ3n) is 10.1. The molecule has 5 aliphatic rings. The van der Waals surface area contributed by atoms with Gasteiger partial charge in [-0.3, -0.25) is 14.4 Å². The second-order valence-electron chi connectivity index (χ2n) is 11.7. The van der Waals surface area contributed by atoms with Crippen molar-refractivity contribution in [3.63, 3.8) is 0 Å². The van der Waals surface area contributed by atoms with Crippen LogP contribution in [0, 0.1) is 34.0 Å². The van der Waals surface area contributed by atoms with E-state index in [2.05, 4.69) is 0 Å². The Kier molecular flexibility index (Phi) is 6.05. The summed E-state index contributed by atoms with van der Waals surface area (Å²) >= 11 is 0. The van der Waals surface area contributed by atoms with E-state index in [1.165, 1.54) is 32.4 Å². The molecule has 0 radical (unpaired) electrons. The van der Waals surface area contributed by atoms with Crippen molar-refractivity contribution in [2.45, 2.75) is 65.1 Å². The number of hydrogen-bond acceptors (Lipinski definition) is 10. The number of aliphatic hydroxyl groups excluding tert-OH is 2. The highest BCUT2D eigenvalue weighted by atomic mass is 16.6. The van der Waals surface area contributed by atoms with Crippen molar-refractivity contribution in [2.24, 2.45) is 34.0 Å². The summed E-state index contributed by atoms with van der Waals surface area (Å²) in [6.07, 6.45) is 0.425. The topological polar surface area (TPSA) is 146 Å². The number of cyclic esters (lactones) is 1. The zero-order chi connectivity index (χ0) is 27.9. The van der Waals surface area contributed by atoms with Crippen molar-refractivity contribution in [1.82, 2.24) is 0 Å². The van der Waals surface area contributed by atoms with Crippen molar-refractivity contribution < 1.29 is 48.3 Å². The highest BCUT2D eigenvalue weighted by Gasteiger charge is 2.74. The van der Waals surface area contributed by atoms with E-state index in [0.717, 1.165) is 11.1 Å². The standard InChI is InChI=1S/C28H34O10/c1-12-13(14-10-19(31)38-24(14)33)9-15-20(12)28(4)16(11-18(30)35-5)27(3)17(29)7-8-26(2,25(34)36-6)22(27)21(32)23(28)37-15/h7-8,10,13,15-16,21-24,32-33H,9,11H2,1-6H3/t13-,15-,16-,21-,22+,23-,24-,26-,27+,28-/m1/s1. The Hall–Kier alpha value is -2.82. The average molecular weight is 531 g/mol. The third kappa shape index (κ3) is 3.23. The molecule has 3 aliphatic carbocycles. The van der Waals surface area contributed by atoms with Gasteiger partial charge in [-0.1, -0.05) is 25.5 Å². The van der Waals surface area contributed by atoms with E-state index in [9.17, 15) is 29.4 Å². The van der Waals surface area contributed by atoms with Crippen LogP contribution < -0.4 is 0 Å². The van der Waals surface area contributed by atoms with Gasteiger partial charge in [-0.25, -0.2) is 4.79 Å². The highest BCUT2D eigenvalue weighted by molar-refractivity contribution is 5.99. The minimum atomic E-state index is -1.36. The summed E-state index contributed by atoms with van der Waals surface area (Å²) in [5.41, 5.74) is -1.62. The summed E-state index contributed by atoms with van der Waals surface area (Å²) in [6, 6.07) is 0. The van der Waals surface area contributed by atoms with Gasteiger partial charge >= 0.3 is 17.9 Å². The van der Waals surface area contributed by atoms with Gasteiger partial charge in [0.2, 0.25) is 6.29 Å². The fraction of sp³-hybridized carbons (Fsp3) is 0.643. The molecule has 2 fully saturated rings. The molecular formula is C28H34O10. The molecule has 10 atom stereocenters. The van der Waals surface area contributed by atoms with E-state index in [0.29, 0.717) is 12.0 Å². The van der Waals surface area contributed by atoms with Gasteiger partial charge < -0.3 is 29.2 Å². The smallest absolute Gasteiger partial charge is 0.333 e. The normalized spacial score (nSPS) is 45.3. The summed E-state index contributed by atoms with van der Waals surface area (Å²) in [5.74, 6) is -4.06. The number of esters is 3. The number of ketones is 1. The van der Waals surface area contributed by atoms with Crippen LogP contribution in [-0.2, 0) is 38.1 Å². The molecule has 0 spiro atoms. The molecule has 2 heterocycles. The van der Waals surface area contributed by atoms with Gasteiger partial charge in [0.25, 0.3) is 0 Å². The largest absolute Gasteiger partial charge is 0.469 e. The van der Waals surface area contributed by atoms with Crippen LogP contribution in [0.4, 0.5) is 0 Å². The number of aliphatic hydroxyl groups is 2. The van der Waals surface area contributed by atoms with Crippen molar-refractivity contribution in [3.8, 4) is 0 Å². The van der Waals surface area contributed by atoms with E-state index >= 15 is 0 Å². The zero-order valence-corrected chi connectivity index (χ0v) is 22.3. The third-order valence-corrected chi connectivity index (χ3v) is 10.1. The van der Waals surface area contributed by atoms with Crippen LogP contribution in [0.5, 0.6) is 0 Å². The van der Waals surface area contributed by atoms with Crippen molar-refractivity contribution in [1.29, 1.82) is 0 Å². The minimum absolute atomic E-state index is 0.148. The summed E-state index contributed by atoms with van der Waals surface area (Å²) in [7, 11) is 2.53. The average Bonchev–Trinajstić information content (AvgIpc) is 3.48. The molecule has 1 saturated heterocycles. The maximum atomic E-state index is 13.8. The zero-order valence-electron chi connectivity index (χ0n) is 22.3. The van der Waals surface area contributed by atoms with E-state index < -0.39 is 70.6 Å². The maximum absolute atomic E-state index is 13.8. The van der Waals surface area contributed by atoms with E-state index in [-0.39, 0.29) is 18.1 Å². The Morgan fingerprint density at radius 3 is 2.37 bits per heavy atom. The molecule has 10 nitrogen and oxygen atoms in total. The quantitative estimate of drug-likeness (QED) is 0.311. The van der Waals surface area contributed by atoms with Crippen LogP contribution in [0.3, 0.4) is 0 Å². The van der Waals surface area contributed by atoms with Crippen LogP contribution >= 0.6 is 0 Å². The van der Waals surface area contributed by atoms with Gasteiger partial charge in [0, 0.05) is 34.3 Å². The predicted octanol–water partition coefficient (Wildman–Crippen LogP) is 1.39. The number of ether oxygens (including phenoxy) is 4. The second kappa shape index (κ2) is 8.59. The molecule has 0 aromatic heterocycles. The van der Waals surface area contributed by atoms with E-state index in [4.69, 9.17) is 18.9 Å². The van der Waals surface area contributed by atoms with Crippen LogP contribution in [0.2, 0.25) is 0 Å². The lowest BCUT2D eigenvalue weighted by Gasteiger charge is -2.61. The molecule has 38 heavy (non-hydrogen) atoms. The SMILES string of the molecule is COC(=O)C[C@H]1[C@]2(C)C3=C(C)[C@H](C4=CC(=O)O[C@H]4O)C[C@H]3O[C@@H]2[C@H](O)[C@@H]2[C@]1(C)C(=O)C=C[C@@]2(C)C(=O)OC. The first-order valence-corrected chi connectivity index (χ1v) is 12.8. The lowest BCUT2D eigenvalue weighted by Crippen LogP contribution is -2.69. The predicted molar refractivity (Wildman–Crippen MR) is 130 cm³/mol. The first-order chi connectivity index (χ1) is 17.8. The maximum Gasteiger partial charge on any atom is 0.333 e. The molecule has 5 rings (SSSR count). The van der Waals surface area contributed by atoms with Crippen LogP contribution in [0.15, 0.2) is 34.9 Å². The monoisotopic (exact) mass is 530 g/mol. The number of methoxy groups -OCH3 is 2. The number of hydrogen-bond donors (Lipinski definition) is 2. The Balaban J connectivity index is 1.71. The summed E-state index contributed by atoms with van der Waals surface area (Å²) in [5, 5.41) is 22.3. The summed E-state index contributed by atoms with van der Waals surface area (Å²) in [6.45, 7) is 7.10. The second-order valence-corrected chi connectivity index (χ2v) is 11.7. The fourth-order valence-corrected chi connectivity index (χ4v) is 8.51. The molecule has 10 heteroatoms. The first kappa shape index (κ1) is 26.8. The van der Waals surface area contributed by atoms with E-state index in [1.54, 1.807) is 13.8 Å². The first-order valence-electron chi connectivity index (χ1n) is 12.8. The molecule has 0 unspecified atom stereocenters. The molecule has 0 bridgehead atoms. The van der Waals surface area contributed by atoms with Crippen molar-refractivity contribution in [3.05, 3.63) is 34.9 Å². The van der Waals surface area contributed by atoms with Crippen LogP contribution in [0.25, 0.3) is 0 Å². The number of carbonyl (C=O) groups is 4. The van der Waals surface area contributed by atoms with Gasteiger partial charge in [0.05, 0.1) is 44.4 Å². The molecular weight excluding hydrogens is 496 g/mol. The Bertz CT molecular complexity index is 1210.